The lowest BCUT2D eigenvalue weighted by Gasteiger charge is -2.49. The van der Waals surface area contributed by atoms with Crippen molar-refractivity contribution in [1.82, 2.24) is 14.5 Å². The number of nitro benzene ring substituents is 1. The van der Waals surface area contributed by atoms with E-state index in [9.17, 15) is 32.9 Å². The number of hydrogen-bond donors (Lipinski definition) is 2. The zero-order valence-electron chi connectivity index (χ0n) is 25.6. The number of nitrogens with one attached hydrogen (secondary N) is 1. The summed E-state index contributed by atoms with van der Waals surface area (Å²) in [5.41, 5.74) is 0.334. The number of nitrogens with zero attached hydrogens (tertiary/aromatic N) is 3. The fraction of sp³-hybridized carbons (Fsp3) is 0.607. The SMILES string of the molecule is CC[Si](CC)(CC)OC(C)[C@H]1C(=O)N2C(C(=O)OC(=O)c3ccc([N+](=O)[O-])cc3)=C(CN3CC[C@H](NS(N)(=O)=O)C3)[C@H](C)[C@H]12. The molecular formula is C28H41N5O9SSi. The van der Waals surface area contributed by atoms with Gasteiger partial charge in [-0.25, -0.2) is 14.7 Å². The first-order valence-corrected chi connectivity index (χ1v) is 19.0. The van der Waals surface area contributed by atoms with Gasteiger partial charge in [0.15, 0.2) is 8.32 Å². The topological polar surface area (TPSA) is 191 Å². The Balaban J connectivity index is 1.60. The largest absolute Gasteiger partial charge is 0.413 e. The molecule has 2 fully saturated rings. The maximum atomic E-state index is 13.7. The second-order valence-electron chi connectivity index (χ2n) is 11.8. The Morgan fingerprint density at radius 1 is 1.16 bits per heavy atom. The van der Waals surface area contributed by atoms with Crippen LogP contribution in [-0.4, -0.2) is 87.1 Å². The summed E-state index contributed by atoms with van der Waals surface area (Å²) in [6, 6.07) is 6.64. The predicted molar refractivity (Wildman–Crippen MR) is 163 cm³/mol. The first-order chi connectivity index (χ1) is 20.6. The van der Waals surface area contributed by atoms with E-state index >= 15 is 0 Å². The fourth-order valence-corrected chi connectivity index (χ4v) is 10.3. The molecule has 2 saturated heterocycles. The molecule has 3 aliphatic rings. The normalized spacial score (nSPS) is 24.7. The number of rotatable bonds is 13. The molecule has 0 bridgehead atoms. The van der Waals surface area contributed by atoms with Crippen LogP contribution in [0.4, 0.5) is 5.69 Å². The quantitative estimate of drug-likeness (QED) is 0.0799. The van der Waals surface area contributed by atoms with Crippen molar-refractivity contribution < 1.29 is 36.9 Å². The van der Waals surface area contributed by atoms with E-state index in [4.69, 9.17) is 14.3 Å². The van der Waals surface area contributed by atoms with Gasteiger partial charge in [-0.15, -0.1) is 0 Å². The summed E-state index contributed by atoms with van der Waals surface area (Å²) in [6.07, 6.45) is 0.139. The summed E-state index contributed by atoms with van der Waals surface area (Å²) in [5, 5.41) is 16.1. The molecule has 0 saturated carbocycles. The molecule has 5 atom stereocenters. The number of β-lactam (4-membered cyclic amide) rings is 1. The molecule has 14 nitrogen and oxygen atoms in total. The number of nitrogens with two attached hydrogens (primary N) is 1. The number of carbonyl (C=O) groups is 3. The van der Waals surface area contributed by atoms with Crippen LogP contribution in [0.15, 0.2) is 35.5 Å². The smallest absolute Gasteiger partial charge is 0.362 e. The van der Waals surface area contributed by atoms with Gasteiger partial charge in [0, 0.05) is 43.7 Å². The van der Waals surface area contributed by atoms with E-state index in [0.29, 0.717) is 25.1 Å². The van der Waals surface area contributed by atoms with E-state index in [0.717, 1.165) is 30.3 Å². The van der Waals surface area contributed by atoms with Crippen LogP contribution in [0, 0.1) is 22.0 Å². The number of nitro groups is 1. The minimum absolute atomic E-state index is 0.000880. The average molecular weight is 652 g/mol. The van der Waals surface area contributed by atoms with Crippen LogP contribution < -0.4 is 9.86 Å². The van der Waals surface area contributed by atoms with Gasteiger partial charge in [-0.1, -0.05) is 27.7 Å². The molecule has 1 unspecified atom stereocenters. The summed E-state index contributed by atoms with van der Waals surface area (Å²) < 4.78 is 37.4. The summed E-state index contributed by atoms with van der Waals surface area (Å²) in [4.78, 5) is 54.0. The minimum atomic E-state index is -3.90. The highest BCUT2D eigenvalue weighted by molar-refractivity contribution is 7.87. The molecule has 44 heavy (non-hydrogen) atoms. The van der Waals surface area contributed by atoms with Crippen LogP contribution in [0.3, 0.4) is 0 Å². The lowest BCUT2D eigenvalue weighted by molar-refractivity contribution is -0.384. The van der Waals surface area contributed by atoms with Gasteiger partial charge in [0.1, 0.15) is 5.70 Å². The number of benzene rings is 1. The number of carbonyl (C=O) groups excluding carboxylic acids is 3. The molecule has 1 aromatic carbocycles. The summed E-state index contributed by atoms with van der Waals surface area (Å²) in [5.74, 6) is -3.02. The van der Waals surface area contributed by atoms with Crippen LogP contribution in [0.25, 0.3) is 0 Å². The van der Waals surface area contributed by atoms with Gasteiger partial charge in [0.05, 0.1) is 28.6 Å². The van der Waals surface area contributed by atoms with Crippen molar-refractivity contribution in [1.29, 1.82) is 0 Å². The van der Waals surface area contributed by atoms with Crippen LogP contribution in [0.2, 0.25) is 18.1 Å². The molecule has 4 rings (SSSR count). The van der Waals surface area contributed by atoms with Crippen molar-refractivity contribution >= 4 is 42.1 Å². The van der Waals surface area contributed by atoms with Gasteiger partial charge in [-0.05, 0) is 49.2 Å². The van der Waals surface area contributed by atoms with E-state index in [2.05, 4.69) is 25.5 Å². The third kappa shape index (κ3) is 6.79. The van der Waals surface area contributed by atoms with Crippen LogP contribution in [0.5, 0.6) is 0 Å². The summed E-state index contributed by atoms with van der Waals surface area (Å²) in [6.45, 7) is 11.3. The summed E-state index contributed by atoms with van der Waals surface area (Å²) >= 11 is 0. The lowest BCUT2D eigenvalue weighted by atomic mass is 9.77. The van der Waals surface area contributed by atoms with Gasteiger partial charge in [-0.3, -0.25) is 19.8 Å². The van der Waals surface area contributed by atoms with Gasteiger partial charge in [0.25, 0.3) is 15.9 Å². The molecule has 16 heteroatoms. The van der Waals surface area contributed by atoms with Gasteiger partial charge < -0.3 is 14.1 Å². The van der Waals surface area contributed by atoms with E-state index in [1.165, 1.54) is 17.0 Å². The standard InChI is InChI=1S/C28H41N5O9SSi/c1-6-44(7-2,8-3)42-18(5)23-24-17(4)22(16-31-14-13-20(15-31)30-43(29,39)40)25(32(24)26(23)34)28(36)41-27(35)19-9-11-21(12-10-19)33(37)38/h9-12,17-18,20,23-24,30H,6-8,13-16H2,1-5H3,(H2,29,39,40)/t17-,18?,20-,23+,24+/m0/s1. The number of likely N-dealkylation sites (tertiary alicyclic amines) is 1. The molecule has 1 aromatic rings. The van der Waals surface area contributed by atoms with Crippen molar-refractivity contribution in [2.45, 2.75) is 77.4 Å². The number of esters is 2. The van der Waals surface area contributed by atoms with E-state index in [-0.39, 0.29) is 47.5 Å². The maximum absolute atomic E-state index is 13.7. The number of hydrogen-bond acceptors (Lipinski definition) is 10. The molecule has 0 aliphatic carbocycles. The molecule has 3 N–H and O–H groups in total. The first kappa shape index (κ1) is 33.9. The second-order valence-corrected chi connectivity index (χ2v) is 17.9. The number of ether oxygens (including phenoxy) is 1. The first-order valence-electron chi connectivity index (χ1n) is 14.9. The molecule has 0 radical (unpaired) electrons. The minimum Gasteiger partial charge on any atom is -0.413 e. The Kier molecular flexibility index (Phi) is 10.1. The van der Waals surface area contributed by atoms with Gasteiger partial charge in [0.2, 0.25) is 5.91 Å². The van der Waals surface area contributed by atoms with Gasteiger partial charge in [-0.2, -0.15) is 13.1 Å². The molecule has 242 valence electrons. The summed E-state index contributed by atoms with van der Waals surface area (Å²) in [7, 11) is -5.94. The molecule has 3 aliphatic heterocycles. The van der Waals surface area contributed by atoms with E-state index in [1.807, 2.05) is 18.7 Å². The van der Waals surface area contributed by atoms with Crippen LogP contribution >= 0.6 is 0 Å². The van der Waals surface area contributed by atoms with Crippen LogP contribution in [-0.2, 0) is 29.0 Å². The highest BCUT2D eigenvalue weighted by Gasteiger charge is 2.61. The lowest BCUT2D eigenvalue weighted by Crippen LogP contribution is -2.65. The van der Waals surface area contributed by atoms with Crippen molar-refractivity contribution in [3.8, 4) is 0 Å². The van der Waals surface area contributed by atoms with Crippen molar-refractivity contribution in [2.75, 3.05) is 19.6 Å². The van der Waals surface area contributed by atoms with Crippen LogP contribution in [0.1, 0.15) is 51.4 Å². The predicted octanol–water partition coefficient (Wildman–Crippen LogP) is 2.29. The molecule has 0 spiro atoms. The second kappa shape index (κ2) is 13.1. The highest BCUT2D eigenvalue weighted by Crippen LogP contribution is 2.49. The van der Waals surface area contributed by atoms with Crippen molar-refractivity contribution in [2.24, 2.45) is 17.0 Å². The number of fused-ring (bicyclic) bond motifs is 1. The molecule has 1 amide bonds. The monoisotopic (exact) mass is 651 g/mol. The zero-order chi connectivity index (χ0) is 32.6. The molecular weight excluding hydrogens is 610 g/mol. The van der Waals surface area contributed by atoms with E-state index in [1.54, 1.807) is 0 Å². The Morgan fingerprint density at radius 2 is 1.77 bits per heavy atom. The maximum Gasteiger partial charge on any atom is 0.362 e. The third-order valence-corrected chi connectivity index (χ3v) is 14.8. The Hall–Kier alpha value is -3.02. The highest BCUT2D eigenvalue weighted by atomic mass is 32.2. The van der Waals surface area contributed by atoms with E-state index < -0.39 is 47.3 Å². The Labute approximate surface area is 258 Å². The number of non-ortho nitro benzene ring substituents is 1. The third-order valence-electron chi connectivity index (χ3n) is 9.36. The molecule has 0 aromatic heterocycles. The average Bonchev–Trinajstić information content (AvgIpc) is 3.50. The Morgan fingerprint density at radius 3 is 2.32 bits per heavy atom. The molecule has 3 heterocycles. The Bertz CT molecular complexity index is 1440. The van der Waals surface area contributed by atoms with Crippen molar-refractivity contribution in [3.63, 3.8) is 0 Å². The number of amides is 1. The van der Waals surface area contributed by atoms with Gasteiger partial charge >= 0.3 is 11.9 Å². The van der Waals surface area contributed by atoms with Crippen molar-refractivity contribution in [3.05, 3.63) is 51.2 Å². The zero-order valence-corrected chi connectivity index (χ0v) is 27.5. The fourth-order valence-electron chi connectivity index (χ4n) is 6.75.